The molecule has 2 aliphatic carbocycles. The summed E-state index contributed by atoms with van der Waals surface area (Å²) in [5, 5.41) is 0.755. The lowest BCUT2D eigenvalue weighted by Gasteiger charge is -2.29. The van der Waals surface area contributed by atoms with Gasteiger partial charge in [0.05, 0.1) is 25.6 Å². The van der Waals surface area contributed by atoms with E-state index < -0.39 is 0 Å². The van der Waals surface area contributed by atoms with Crippen LogP contribution in [0.15, 0.2) is 60.7 Å². The Morgan fingerprint density at radius 2 is 1.18 bits per heavy atom. The molecule has 0 radical (unpaired) electrons. The van der Waals surface area contributed by atoms with E-state index in [-0.39, 0.29) is 0 Å². The molecule has 0 aliphatic heterocycles. The van der Waals surface area contributed by atoms with E-state index in [4.69, 9.17) is 26.1 Å². The molecule has 6 rings (SSSR count). The van der Waals surface area contributed by atoms with E-state index >= 15 is 0 Å². The monoisotopic (exact) mass is 453 g/mol. The Morgan fingerprint density at radius 3 is 1.67 bits per heavy atom. The number of pyridine rings is 1. The van der Waals surface area contributed by atoms with E-state index in [0.29, 0.717) is 0 Å². The van der Waals surface area contributed by atoms with Gasteiger partial charge in [0.2, 0.25) is 0 Å². The molecular formula is C29H24ClNO2. The number of fused-ring (bicyclic) bond motifs is 6. The number of hydrogen-bond acceptors (Lipinski definition) is 3. The molecule has 4 heteroatoms. The zero-order valence-corrected chi connectivity index (χ0v) is 19.5. The van der Waals surface area contributed by atoms with Crippen LogP contribution >= 0.6 is 11.6 Å². The largest absolute Gasteiger partial charge is 0.497 e. The molecule has 3 nitrogen and oxygen atoms in total. The van der Waals surface area contributed by atoms with Crippen molar-refractivity contribution >= 4 is 11.6 Å². The smallest absolute Gasteiger partial charge is 0.119 e. The number of aryl methyl sites for hydroxylation is 2. The zero-order valence-electron chi connectivity index (χ0n) is 18.7. The second kappa shape index (κ2) is 7.93. The average molecular weight is 454 g/mol. The van der Waals surface area contributed by atoms with Crippen molar-refractivity contribution in [2.24, 2.45) is 0 Å². The van der Waals surface area contributed by atoms with Gasteiger partial charge >= 0.3 is 0 Å². The average Bonchev–Trinajstić information content (AvgIpc) is 2.87. The molecule has 0 amide bonds. The topological polar surface area (TPSA) is 31.4 Å². The van der Waals surface area contributed by atoms with Crippen LogP contribution in [0.2, 0.25) is 5.02 Å². The number of nitrogens with zero attached hydrogens (tertiary/aromatic N) is 1. The molecule has 1 aromatic heterocycles. The number of rotatable bonds is 3. The van der Waals surface area contributed by atoms with Gasteiger partial charge in [0, 0.05) is 16.1 Å². The Morgan fingerprint density at radius 1 is 0.667 bits per heavy atom. The van der Waals surface area contributed by atoms with E-state index in [1.807, 2.05) is 24.3 Å². The highest BCUT2D eigenvalue weighted by atomic mass is 35.5. The molecule has 164 valence electrons. The quantitative estimate of drug-likeness (QED) is 0.336. The summed E-state index contributed by atoms with van der Waals surface area (Å²) in [5.74, 6) is 1.79. The van der Waals surface area contributed by atoms with Crippen molar-refractivity contribution in [1.29, 1.82) is 0 Å². The van der Waals surface area contributed by atoms with Gasteiger partial charge in [-0.15, -0.1) is 0 Å². The van der Waals surface area contributed by atoms with Crippen molar-refractivity contribution in [1.82, 2.24) is 4.98 Å². The molecule has 0 spiro atoms. The Labute approximate surface area is 199 Å². The predicted octanol–water partition coefficient (Wildman–Crippen LogP) is 6.95. The Bertz CT molecular complexity index is 1310. The van der Waals surface area contributed by atoms with Crippen LogP contribution in [0.4, 0.5) is 0 Å². The van der Waals surface area contributed by atoms with Crippen molar-refractivity contribution in [3.05, 3.63) is 87.9 Å². The summed E-state index contributed by atoms with van der Waals surface area (Å²) >= 11 is 6.24. The van der Waals surface area contributed by atoms with Crippen LogP contribution < -0.4 is 9.47 Å². The van der Waals surface area contributed by atoms with Gasteiger partial charge < -0.3 is 9.47 Å². The first-order valence-corrected chi connectivity index (χ1v) is 11.7. The third-order valence-electron chi connectivity index (χ3n) is 6.96. The van der Waals surface area contributed by atoms with Gasteiger partial charge in [0.1, 0.15) is 11.5 Å². The highest BCUT2D eigenvalue weighted by Crippen LogP contribution is 2.46. The Kier molecular flexibility index (Phi) is 4.88. The molecule has 0 bridgehead atoms. The molecule has 33 heavy (non-hydrogen) atoms. The first kappa shape index (κ1) is 20.3. The summed E-state index contributed by atoms with van der Waals surface area (Å²) in [6.07, 6.45) is 3.88. The molecule has 2 aliphatic rings. The van der Waals surface area contributed by atoms with Crippen molar-refractivity contribution in [3.63, 3.8) is 0 Å². The van der Waals surface area contributed by atoms with Gasteiger partial charge in [-0.25, -0.2) is 4.98 Å². The van der Waals surface area contributed by atoms with Crippen LogP contribution in [-0.2, 0) is 25.7 Å². The lowest BCUT2D eigenvalue weighted by molar-refractivity contribution is 0.414. The maximum absolute atomic E-state index is 6.24. The van der Waals surface area contributed by atoms with Crippen molar-refractivity contribution in [3.8, 4) is 45.1 Å². The van der Waals surface area contributed by atoms with E-state index in [9.17, 15) is 0 Å². The SMILES string of the molecule is COc1ccc2c(c1)CCc1c-2nc2c(c1-c1ccc(Cl)cc1)CCc1cc(OC)ccc1-2. The van der Waals surface area contributed by atoms with Gasteiger partial charge in [-0.1, -0.05) is 23.7 Å². The fourth-order valence-corrected chi connectivity index (χ4v) is 5.48. The minimum absolute atomic E-state index is 0.755. The summed E-state index contributed by atoms with van der Waals surface area (Å²) < 4.78 is 11.0. The first-order valence-electron chi connectivity index (χ1n) is 11.3. The zero-order chi connectivity index (χ0) is 22.5. The van der Waals surface area contributed by atoms with Gasteiger partial charge in [0.15, 0.2) is 0 Å². The first-order chi connectivity index (χ1) is 16.2. The predicted molar refractivity (Wildman–Crippen MR) is 133 cm³/mol. The maximum atomic E-state index is 6.24. The van der Waals surface area contributed by atoms with Crippen LogP contribution in [0.1, 0.15) is 22.3 Å². The Hall–Kier alpha value is -3.30. The van der Waals surface area contributed by atoms with Crippen molar-refractivity contribution in [2.75, 3.05) is 14.2 Å². The van der Waals surface area contributed by atoms with E-state index in [1.54, 1.807) is 14.2 Å². The highest BCUT2D eigenvalue weighted by Gasteiger charge is 2.29. The molecule has 0 saturated carbocycles. The lowest BCUT2D eigenvalue weighted by atomic mass is 9.78. The summed E-state index contributed by atoms with van der Waals surface area (Å²) in [6, 6.07) is 21.0. The van der Waals surface area contributed by atoms with Crippen LogP contribution in [0.3, 0.4) is 0 Å². The van der Waals surface area contributed by atoms with Gasteiger partial charge in [0.25, 0.3) is 0 Å². The molecule has 4 aromatic rings. The number of ether oxygens (including phenoxy) is 2. The minimum Gasteiger partial charge on any atom is -0.497 e. The molecule has 0 atom stereocenters. The van der Waals surface area contributed by atoms with Gasteiger partial charge in [-0.2, -0.15) is 0 Å². The fraction of sp³-hybridized carbons (Fsp3) is 0.207. The van der Waals surface area contributed by atoms with Crippen LogP contribution in [-0.4, -0.2) is 19.2 Å². The second-order valence-electron chi connectivity index (χ2n) is 8.69. The molecule has 0 saturated heterocycles. The molecule has 3 aromatic carbocycles. The third-order valence-corrected chi connectivity index (χ3v) is 7.21. The number of halogens is 1. The number of aromatic nitrogens is 1. The third kappa shape index (κ3) is 3.30. The van der Waals surface area contributed by atoms with Crippen molar-refractivity contribution in [2.45, 2.75) is 25.7 Å². The molecule has 0 unspecified atom stereocenters. The van der Waals surface area contributed by atoms with Crippen LogP contribution in [0.5, 0.6) is 11.5 Å². The Balaban J connectivity index is 1.65. The van der Waals surface area contributed by atoms with E-state index in [2.05, 4.69) is 36.4 Å². The highest BCUT2D eigenvalue weighted by molar-refractivity contribution is 6.30. The van der Waals surface area contributed by atoms with Crippen LogP contribution in [0.25, 0.3) is 33.6 Å². The van der Waals surface area contributed by atoms with Crippen molar-refractivity contribution < 1.29 is 9.47 Å². The van der Waals surface area contributed by atoms with Gasteiger partial charge in [-0.05, 0) is 108 Å². The summed E-state index contributed by atoms with van der Waals surface area (Å²) in [7, 11) is 3.44. The normalized spacial score (nSPS) is 13.4. The summed E-state index contributed by atoms with van der Waals surface area (Å²) in [6.45, 7) is 0. The number of benzene rings is 3. The molecule has 1 heterocycles. The molecule has 0 fully saturated rings. The van der Waals surface area contributed by atoms with E-state index in [1.165, 1.54) is 44.5 Å². The minimum atomic E-state index is 0.755. The van der Waals surface area contributed by atoms with Crippen LogP contribution in [0, 0.1) is 0 Å². The molecular weight excluding hydrogens is 430 g/mol. The maximum Gasteiger partial charge on any atom is 0.119 e. The number of hydrogen-bond donors (Lipinski definition) is 0. The lowest BCUT2D eigenvalue weighted by Crippen LogP contribution is -2.15. The second-order valence-corrected chi connectivity index (χ2v) is 9.13. The number of methoxy groups -OCH3 is 2. The summed E-state index contributed by atoms with van der Waals surface area (Å²) in [4.78, 5) is 5.34. The fourth-order valence-electron chi connectivity index (χ4n) is 5.35. The standard InChI is InChI=1S/C29H24ClNO2/c1-32-21-9-13-23-18(15-21)5-11-25-27(17-3-7-20(30)8-4-17)26-12-6-19-16-22(33-2)10-14-24(19)29(26)31-28(23)25/h3-4,7-10,13-16H,5-6,11-12H2,1-2H3. The van der Waals surface area contributed by atoms with E-state index in [0.717, 1.165) is 53.6 Å². The molecule has 0 N–H and O–H groups in total. The van der Waals surface area contributed by atoms with Gasteiger partial charge in [-0.3, -0.25) is 0 Å². The summed E-state index contributed by atoms with van der Waals surface area (Å²) in [5.41, 5.74) is 12.4.